The molecule has 0 spiro atoms. The van der Waals surface area contributed by atoms with Gasteiger partial charge in [0.1, 0.15) is 0 Å². The molecular weight excluding hydrogens is 292 g/mol. The van der Waals surface area contributed by atoms with E-state index in [0.29, 0.717) is 10.6 Å². The second-order valence-corrected chi connectivity index (χ2v) is 5.88. The molecule has 1 aliphatic rings. The summed E-state index contributed by atoms with van der Waals surface area (Å²) in [5.74, 6) is -1.63. The minimum absolute atomic E-state index is 0.152. The number of aliphatic carboxylic acids is 1. The summed E-state index contributed by atoms with van der Waals surface area (Å²) in [6.45, 7) is 1.82. The van der Waals surface area contributed by atoms with Gasteiger partial charge in [-0.2, -0.15) is 0 Å². The lowest BCUT2D eigenvalue weighted by atomic mass is 9.68. The number of carboxylic acid groups (broad SMARTS) is 1. The Kier molecular flexibility index (Phi) is 4.88. The van der Waals surface area contributed by atoms with Crippen molar-refractivity contribution in [1.82, 2.24) is 0 Å². The smallest absolute Gasteiger partial charge is 0.328 e. The third kappa shape index (κ3) is 3.05. The molecule has 114 valence electrons. The number of hydrogen-bond donors (Lipinski definition) is 1. The Morgan fingerprint density at radius 2 is 2.14 bits per heavy atom. The second kappa shape index (κ2) is 6.48. The fourth-order valence-corrected chi connectivity index (χ4v) is 2.95. The van der Waals surface area contributed by atoms with Crippen molar-refractivity contribution in [2.24, 2.45) is 5.92 Å². The monoisotopic (exact) mass is 310 g/mol. The number of carbonyl (C=O) groups is 2. The summed E-state index contributed by atoms with van der Waals surface area (Å²) in [5.41, 5.74) is -1.26. The van der Waals surface area contributed by atoms with Gasteiger partial charge in [0.25, 0.3) is 0 Å². The molecule has 1 aliphatic carbocycles. The predicted octanol–water partition coefficient (Wildman–Crippen LogP) is 3.42. The van der Waals surface area contributed by atoms with Gasteiger partial charge >= 0.3 is 11.9 Å². The highest BCUT2D eigenvalue weighted by Gasteiger charge is 2.51. The zero-order valence-corrected chi connectivity index (χ0v) is 12.7. The number of ether oxygens (including phenoxy) is 1. The van der Waals surface area contributed by atoms with Gasteiger partial charge in [-0.1, -0.05) is 43.0 Å². The van der Waals surface area contributed by atoms with Crippen molar-refractivity contribution in [3.05, 3.63) is 34.9 Å². The topological polar surface area (TPSA) is 63.6 Å². The van der Waals surface area contributed by atoms with E-state index in [0.717, 1.165) is 19.3 Å². The van der Waals surface area contributed by atoms with E-state index in [-0.39, 0.29) is 18.9 Å². The van der Waals surface area contributed by atoms with Crippen molar-refractivity contribution in [3.8, 4) is 0 Å². The van der Waals surface area contributed by atoms with Gasteiger partial charge in [-0.05, 0) is 37.0 Å². The second-order valence-electron chi connectivity index (χ2n) is 5.44. The molecule has 0 saturated heterocycles. The molecule has 1 fully saturated rings. The lowest BCUT2D eigenvalue weighted by molar-refractivity contribution is -0.163. The zero-order chi connectivity index (χ0) is 15.5. The Balaban J connectivity index is 2.48. The molecule has 1 atom stereocenters. The quantitative estimate of drug-likeness (QED) is 0.646. The van der Waals surface area contributed by atoms with Gasteiger partial charge in [0.05, 0.1) is 6.61 Å². The summed E-state index contributed by atoms with van der Waals surface area (Å²) >= 11 is 5.98. The van der Waals surface area contributed by atoms with E-state index in [9.17, 15) is 14.7 Å². The lowest BCUT2D eigenvalue weighted by Gasteiger charge is -2.35. The van der Waals surface area contributed by atoms with Crippen LogP contribution in [0.2, 0.25) is 5.02 Å². The van der Waals surface area contributed by atoms with Crippen LogP contribution in [-0.4, -0.2) is 23.7 Å². The summed E-state index contributed by atoms with van der Waals surface area (Å²) in [6, 6.07) is 6.50. The van der Waals surface area contributed by atoms with Crippen LogP contribution in [0.5, 0.6) is 0 Å². The molecule has 0 amide bonds. The van der Waals surface area contributed by atoms with Gasteiger partial charge in [-0.25, -0.2) is 0 Å². The molecule has 5 heteroatoms. The Bertz CT molecular complexity index is 539. The number of hydrogen-bond acceptors (Lipinski definition) is 3. The molecule has 1 unspecified atom stereocenters. The Morgan fingerprint density at radius 3 is 2.62 bits per heavy atom. The van der Waals surface area contributed by atoms with E-state index in [2.05, 4.69) is 0 Å². The number of carbonyl (C=O) groups excluding carboxylic acids is 1. The lowest BCUT2D eigenvalue weighted by Crippen LogP contribution is -2.47. The van der Waals surface area contributed by atoms with Crippen LogP contribution in [-0.2, 0) is 19.7 Å². The number of benzene rings is 1. The van der Waals surface area contributed by atoms with Crippen LogP contribution in [0.3, 0.4) is 0 Å². The molecular formula is C16H19ClO4. The highest BCUT2D eigenvalue weighted by atomic mass is 35.5. The minimum Gasteiger partial charge on any atom is -0.480 e. The molecule has 0 heterocycles. The largest absolute Gasteiger partial charge is 0.480 e. The third-order valence-corrected chi connectivity index (χ3v) is 4.36. The molecule has 21 heavy (non-hydrogen) atoms. The van der Waals surface area contributed by atoms with E-state index in [1.165, 1.54) is 0 Å². The highest BCUT2D eigenvalue weighted by Crippen LogP contribution is 2.41. The summed E-state index contributed by atoms with van der Waals surface area (Å²) < 4.78 is 5.07. The van der Waals surface area contributed by atoms with Crippen molar-refractivity contribution in [3.63, 3.8) is 0 Å². The first kappa shape index (κ1) is 15.8. The first-order valence-electron chi connectivity index (χ1n) is 7.17. The first-order valence-corrected chi connectivity index (χ1v) is 7.55. The maximum atomic E-state index is 12.4. The van der Waals surface area contributed by atoms with Gasteiger partial charge < -0.3 is 9.84 Å². The molecule has 0 radical (unpaired) electrons. The van der Waals surface area contributed by atoms with Gasteiger partial charge in [-0.15, -0.1) is 0 Å². The standard InChI is InChI=1S/C16H19ClO4/c1-2-21-15(20)16(14(18)19,10-11-5-3-6-11)12-7-4-8-13(17)9-12/h4,7-9,11H,2-3,5-6,10H2,1H3,(H,18,19). The fraction of sp³-hybridized carbons (Fsp3) is 0.500. The SMILES string of the molecule is CCOC(=O)C(CC1CCC1)(C(=O)O)c1cccc(Cl)c1. The average Bonchev–Trinajstić information content (AvgIpc) is 2.37. The van der Waals surface area contributed by atoms with Crippen LogP contribution in [0.4, 0.5) is 0 Å². The van der Waals surface area contributed by atoms with E-state index in [4.69, 9.17) is 16.3 Å². The number of halogens is 1. The molecule has 4 nitrogen and oxygen atoms in total. The number of carboxylic acids is 1. The van der Waals surface area contributed by atoms with Crippen molar-refractivity contribution < 1.29 is 19.4 Å². The molecule has 0 aliphatic heterocycles. The van der Waals surface area contributed by atoms with E-state index >= 15 is 0 Å². The van der Waals surface area contributed by atoms with Crippen molar-refractivity contribution >= 4 is 23.5 Å². The Morgan fingerprint density at radius 1 is 1.43 bits per heavy atom. The van der Waals surface area contributed by atoms with Gasteiger partial charge in [-0.3, -0.25) is 9.59 Å². The molecule has 1 aromatic rings. The molecule has 1 saturated carbocycles. The number of rotatable bonds is 6. The maximum absolute atomic E-state index is 12.4. The molecule has 0 aromatic heterocycles. The summed E-state index contributed by atoms with van der Waals surface area (Å²) in [6.07, 6.45) is 3.25. The molecule has 1 N–H and O–H groups in total. The van der Waals surface area contributed by atoms with Crippen molar-refractivity contribution in [2.75, 3.05) is 6.61 Å². The van der Waals surface area contributed by atoms with Crippen LogP contribution >= 0.6 is 11.6 Å². The van der Waals surface area contributed by atoms with Crippen LogP contribution in [0.25, 0.3) is 0 Å². The average molecular weight is 311 g/mol. The van der Waals surface area contributed by atoms with E-state index < -0.39 is 17.4 Å². The van der Waals surface area contributed by atoms with Crippen molar-refractivity contribution in [1.29, 1.82) is 0 Å². The van der Waals surface area contributed by atoms with Gasteiger partial charge in [0.2, 0.25) is 0 Å². The molecule has 0 bridgehead atoms. The third-order valence-electron chi connectivity index (χ3n) is 4.13. The van der Waals surface area contributed by atoms with Crippen LogP contribution < -0.4 is 0 Å². The van der Waals surface area contributed by atoms with Crippen LogP contribution in [0.1, 0.15) is 38.2 Å². The fourth-order valence-electron chi connectivity index (χ4n) is 2.76. The van der Waals surface area contributed by atoms with Gasteiger partial charge in [0.15, 0.2) is 5.41 Å². The summed E-state index contributed by atoms with van der Waals surface area (Å²) in [7, 11) is 0. The van der Waals surface area contributed by atoms with Crippen LogP contribution in [0, 0.1) is 5.92 Å². The van der Waals surface area contributed by atoms with Crippen molar-refractivity contribution in [2.45, 2.75) is 38.0 Å². The first-order chi connectivity index (χ1) is 10.0. The molecule has 2 rings (SSSR count). The minimum atomic E-state index is -1.66. The maximum Gasteiger partial charge on any atom is 0.328 e. The Labute approximate surface area is 129 Å². The Hall–Kier alpha value is -1.55. The van der Waals surface area contributed by atoms with Gasteiger partial charge in [0, 0.05) is 5.02 Å². The highest BCUT2D eigenvalue weighted by molar-refractivity contribution is 6.30. The van der Waals surface area contributed by atoms with E-state index in [1.807, 2.05) is 0 Å². The normalized spacial score (nSPS) is 17.6. The van der Waals surface area contributed by atoms with E-state index in [1.54, 1.807) is 31.2 Å². The number of esters is 1. The predicted molar refractivity (Wildman–Crippen MR) is 79.4 cm³/mol. The summed E-state index contributed by atoms with van der Waals surface area (Å²) in [4.78, 5) is 24.4. The molecule has 1 aromatic carbocycles. The zero-order valence-electron chi connectivity index (χ0n) is 12.0. The summed E-state index contributed by atoms with van der Waals surface area (Å²) in [5, 5.41) is 10.2. The van der Waals surface area contributed by atoms with Crippen LogP contribution in [0.15, 0.2) is 24.3 Å².